The Kier molecular flexibility index (Phi) is 5.16. The number of aromatic nitrogens is 2. The van der Waals surface area contributed by atoms with E-state index in [2.05, 4.69) is 9.97 Å². The van der Waals surface area contributed by atoms with Gasteiger partial charge >= 0.3 is 0 Å². The largest absolute Gasteiger partial charge is 0.490 e. The summed E-state index contributed by atoms with van der Waals surface area (Å²) < 4.78 is 5.94. The molecule has 31 heavy (non-hydrogen) atoms. The van der Waals surface area contributed by atoms with E-state index in [0.717, 1.165) is 38.8 Å². The van der Waals surface area contributed by atoms with E-state index in [1.165, 1.54) is 0 Å². The number of benzene rings is 2. The number of aromatic amines is 1. The van der Waals surface area contributed by atoms with Crippen molar-refractivity contribution in [1.29, 1.82) is 0 Å². The van der Waals surface area contributed by atoms with Crippen LogP contribution in [0.25, 0.3) is 10.9 Å². The van der Waals surface area contributed by atoms with Gasteiger partial charge in [0.1, 0.15) is 12.4 Å². The number of ketones is 1. The maximum absolute atomic E-state index is 13.3. The van der Waals surface area contributed by atoms with Crippen LogP contribution in [-0.4, -0.2) is 16.1 Å². The second-order valence-electron chi connectivity index (χ2n) is 7.38. The summed E-state index contributed by atoms with van der Waals surface area (Å²) in [6.45, 7) is 2.44. The van der Waals surface area contributed by atoms with E-state index in [0.29, 0.717) is 18.2 Å². The summed E-state index contributed by atoms with van der Waals surface area (Å²) in [7, 11) is 0. The molecule has 0 unspecified atom stereocenters. The molecular weight excluding hydrogens is 406 g/mol. The van der Waals surface area contributed by atoms with Crippen LogP contribution >= 0.6 is 0 Å². The highest BCUT2D eigenvalue weighted by Crippen LogP contribution is 2.26. The predicted octanol–water partition coefficient (Wildman–Crippen LogP) is 2.37. The molecule has 4 aromatic rings. The molecule has 0 aliphatic carbocycles. The molecule has 6 heteroatoms. The number of hydrogen-bond donors (Lipinski definition) is 1. The van der Waals surface area contributed by atoms with Crippen molar-refractivity contribution in [2.75, 3.05) is 0 Å². The summed E-state index contributed by atoms with van der Waals surface area (Å²) in [6, 6.07) is 20.5. The fourth-order valence-corrected chi connectivity index (χ4v) is 4.57. The first-order valence-corrected chi connectivity index (χ1v) is 10.9. The molecule has 0 spiro atoms. The van der Waals surface area contributed by atoms with E-state index in [9.17, 15) is 4.79 Å². The van der Waals surface area contributed by atoms with Gasteiger partial charge in [0, 0.05) is 17.5 Å². The second-order valence-corrected chi connectivity index (χ2v) is 8.29. The van der Waals surface area contributed by atoms with E-state index in [1.54, 1.807) is 17.5 Å². The van der Waals surface area contributed by atoms with Crippen LogP contribution in [0, 0.1) is 18.3 Å². The Labute approximate surface area is 184 Å². The first-order chi connectivity index (χ1) is 15.2. The summed E-state index contributed by atoms with van der Waals surface area (Å²) in [5.41, 5.74) is 4.59. The fourth-order valence-electron chi connectivity index (χ4n) is 3.69. The van der Waals surface area contributed by atoms with Crippen LogP contribution in [0.5, 0.6) is 5.75 Å². The number of fused-ring (bicyclic) bond motifs is 1. The first-order valence-electron chi connectivity index (χ1n) is 10.0. The number of aryl methyl sites for hydroxylation is 1. The minimum absolute atomic E-state index is 0.0214. The van der Waals surface area contributed by atoms with Crippen LogP contribution in [0.15, 0.2) is 73.1 Å². The Morgan fingerprint density at radius 1 is 1.16 bits per heavy atom. The lowest BCUT2D eigenvalue weighted by Crippen LogP contribution is -2.86. The zero-order chi connectivity index (χ0) is 21.2. The standard InChI is InChI=1S/C25H21N3O2S/c1-16-23(24(29)22-15-31-25(28-22)18-8-5-11-26-13-18)20-10-9-19(12-21(20)27-16)30-14-17-6-3-2-4-7-17/h2-13,15,27H,14,28H2,1H3. The zero-order valence-electron chi connectivity index (χ0n) is 17.0. The lowest BCUT2D eigenvalue weighted by atomic mass is 10.0. The van der Waals surface area contributed by atoms with Gasteiger partial charge in [0.15, 0.2) is 16.7 Å². The normalized spacial score (nSPS) is 13.2. The van der Waals surface area contributed by atoms with Crippen LogP contribution in [0.2, 0.25) is 0 Å². The molecule has 2 aromatic heterocycles. The van der Waals surface area contributed by atoms with E-state index in [1.807, 2.05) is 84.5 Å². The zero-order valence-corrected chi connectivity index (χ0v) is 17.8. The Bertz CT molecular complexity index is 1250. The number of Topliss-reactive ketones (excluding diaryl/α,β-unsaturated/α-hetero) is 1. The van der Waals surface area contributed by atoms with Gasteiger partial charge in [0.25, 0.3) is 5.37 Å². The molecule has 1 aliphatic heterocycles. The van der Waals surface area contributed by atoms with Crippen LogP contribution in [-0.2, 0) is 18.0 Å². The SMILES string of the molecule is C[c-]1[nH+]c2cc(OCc3ccccc3)ccc2c1C(=O)[C-]1C=[S+][C-](c2cccnc2)[NH2+]1. The van der Waals surface area contributed by atoms with Crippen molar-refractivity contribution in [1.82, 2.24) is 4.98 Å². The van der Waals surface area contributed by atoms with Crippen LogP contribution in [0.1, 0.15) is 27.2 Å². The number of nitrogens with two attached hydrogens (primary N) is 1. The summed E-state index contributed by atoms with van der Waals surface area (Å²) >= 11 is 1.56. The van der Waals surface area contributed by atoms with Gasteiger partial charge in [-0.25, -0.2) is 0 Å². The molecule has 5 rings (SSSR count). The third-order valence-electron chi connectivity index (χ3n) is 5.24. The van der Waals surface area contributed by atoms with Gasteiger partial charge in [-0.15, -0.1) is 17.5 Å². The molecule has 1 aliphatic rings. The number of nitrogens with one attached hydrogen (secondary N) is 1. The van der Waals surface area contributed by atoms with Crippen molar-refractivity contribution in [3.8, 4) is 5.75 Å². The molecule has 0 saturated carbocycles. The summed E-state index contributed by atoms with van der Waals surface area (Å²) in [4.78, 5) is 20.8. The Morgan fingerprint density at radius 3 is 2.84 bits per heavy atom. The van der Waals surface area contributed by atoms with Crippen molar-refractivity contribution in [3.05, 3.63) is 107 Å². The van der Waals surface area contributed by atoms with Crippen molar-refractivity contribution in [3.63, 3.8) is 0 Å². The van der Waals surface area contributed by atoms with Crippen LogP contribution < -0.4 is 15.0 Å². The topological polar surface area (TPSA) is 69.9 Å². The Hall–Kier alpha value is -3.61. The molecule has 3 N–H and O–H groups in total. The average molecular weight is 428 g/mol. The van der Waals surface area contributed by atoms with Crippen molar-refractivity contribution in [2.45, 2.75) is 13.5 Å². The monoisotopic (exact) mass is 427 g/mol. The van der Waals surface area contributed by atoms with Gasteiger partial charge in [-0.3, -0.25) is 0 Å². The maximum Gasteiger partial charge on any atom is 0.277 e. The number of H-pyrrole nitrogens is 1. The molecule has 0 radical (unpaired) electrons. The van der Waals surface area contributed by atoms with Crippen molar-refractivity contribution < 1.29 is 19.8 Å². The average Bonchev–Trinajstić information content (AvgIpc) is 3.42. The van der Waals surface area contributed by atoms with Gasteiger partial charge < -0.3 is 24.8 Å². The second kappa shape index (κ2) is 8.26. The minimum atomic E-state index is 0.0214. The predicted molar refractivity (Wildman–Crippen MR) is 121 cm³/mol. The molecule has 0 amide bonds. The number of nitrogens with zero attached hydrogens (tertiary/aromatic N) is 1. The first kappa shape index (κ1) is 19.4. The lowest BCUT2D eigenvalue weighted by Gasteiger charge is -2.19. The molecular formula is C25H21N3O2S. The highest BCUT2D eigenvalue weighted by molar-refractivity contribution is 7.81. The van der Waals surface area contributed by atoms with Gasteiger partial charge in [0.2, 0.25) is 0 Å². The molecule has 154 valence electrons. The number of carbonyl (C=O) groups is 1. The van der Waals surface area contributed by atoms with Gasteiger partial charge in [-0.05, 0) is 36.4 Å². The number of quaternary nitrogens is 1. The van der Waals surface area contributed by atoms with E-state index in [-0.39, 0.29) is 5.78 Å². The highest BCUT2D eigenvalue weighted by atomic mass is 32.1. The molecule has 0 atom stereocenters. The van der Waals surface area contributed by atoms with E-state index >= 15 is 0 Å². The third kappa shape index (κ3) is 3.91. The van der Waals surface area contributed by atoms with E-state index in [4.69, 9.17) is 4.74 Å². The number of pyridine rings is 1. The number of carbonyl (C=O) groups excluding carboxylic acids is 1. The Balaban J connectivity index is 1.35. The molecule has 0 fully saturated rings. The van der Waals surface area contributed by atoms with E-state index < -0.39 is 0 Å². The summed E-state index contributed by atoms with van der Waals surface area (Å²) in [6.07, 6.45) is 3.56. The number of rotatable bonds is 6. The van der Waals surface area contributed by atoms with Crippen LogP contribution in [0.4, 0.5) is 0 Å². The summed E-state index contributed by atoms with van der Waals surface area (Å²) in [5, 5.41) is 5.80. The molecule has 3 heterocycles. The van der Waals surface area contributed by atoms with Gasteiger partial charge in [-0.1, -0.05) is 42.6 Å². The van der Waals surface area contributed by atoms with Gasteiger partial charge in [-0.2, -0.15) is 5.56 Å². The minimum Gasteiger partial charge on any atom is -0.490 e. The maximum atomic E-state index is 13.3. The molecule has 2 aromatic carbocycles. The highest BCUT2D eigenvalue weighted by Gasteiger charge is 2.29. The molecule has 0 bridgehead atoms. The number of hydrogen-bond acceptors (Lipinski definition) is 3. The Morgan fingerprint density at radius 2 is 2.03 bits per heavy atom. The molecule has 0 saturated heterocycles. The smallest absolute Gasteiger partial charge is 0.277 e. The van der Waals surface area contributed by atoms with Crippen molar-refractivity contribution in [2.24, 2.45) is 0 Å². The molecule has 5 nitrogen and oxygen atoms in total. The van der Waals surface area contributed by atoms with Gasteiger partial charge in [0.05, 0.1) is 5.52 Å². The quantitative estimate of drug-likeness (QED) is 0.222. The number of ether oxygens (including phenoxy) is 1. The van der Waals surface area contributed by atoms with Crippen LogP contribution in [0.3, 0.4) is 0 Å². The third-order valence-corrected chi connectivity index (χ3v) is 6.22. The lowest BCUT2D eigenvalue weighted by molar-refractivity contribution is -0.580. The summed E-state index contributed by atoms with van der Waals surface area (Å²) in [5.74, 6) is 0.791. The fraction of sp³-hybridized carbons (Fsp3) is 0.0800. The van der Waals surface area contributed by atoms with Crippen molar-refractivity contribution >= 4 is 33.4 Å².